The molecule has 0 bridgehead atoms. The van der Waals surface area contributed by atoms with Gasteiger partial charge in [0, 0.05) is 11.6 Å². The molecular weight excluding hydrogens is 353 g/mol. The van der Waals surface area contributed by atoms with E-state index in [4.69, 9.17) is 4.74 Å². The molecule has 7 nitrogen and oxygen atoms in total. The van der Waals surface area contributed by atoms with Crippen LogP contribution in [-0.2, 0) is 12.8 Å². The summed E-state index contributed by atoms with van der Waals surface area (Å²) in [6, 6.07) is 10.2. The largest absolute Gasteiger partial charge is 0.485 e. The summed E-state index contributed by atoms with van der Waals surface area (Å²) in [4.78, 5) is 14.3. The Kier molecular flexibility index (Phi) is 4.57. The van der Waals surface area contributed by atoms with E-state index >= 15 is 0 Å². The molecule has 0 aliphatic heterocycles. The lowest BCUT2D eigenvalue weighted by atomic mass is 10.1. The van der Waals surface area contributed by atoms with Crippen LogP contribution in [0.1, 0.15) is 11.4 Å². The number of aromatic nitrogens is 3. The van der Waals surface area contributed by atoms with E-state index in [1.807, 2.05) is 0 Å². The van der Waals surface area contributed by atoms with Crippen LogP contribution in [0.25, 0.3) is 11.4 Å². The molecular formula is C16H11F3N4O3. The van der Waals surface area contributed by atoms with Crippen LogP contribution in [0.4, 0.5) is 18.9 Å². The van der Waals surface area contributed by atoms with E-state index in [9.17, 15) is 23.3 Å². The fourth-order valence-corrected chi connectivity index (χ4v) is 2.16. The van der Waals surface area contributed by atoms with E-state index in [1.165, 1.54) is 36.4 Å². The number of ether oxygens (including phenoxy) is 1. The van der Waals surface area contributed by atoms with Gasteiger partial charge in [-0.2, -0.15) is 18.3 Å². The molecule has 0 saturated carbocycles. The fourth-order valence-electron chi connectivity index (χ4n) is 2.16. The van der Waals surface area contributed by atoms with Crippen molar-refractivity contribution in [2.24, 2.45) is 0 Å². The maximum Gasteiger partial charge on any atom is 0.416 e. The summed E-state index contributed by atoms with van der Waals surface area (Å²) < 4.78 is 43.7. The third-order valence-electron chi connectivity index (χ3n) is 3.38. The van der Waals surface area contributed by atoms with Crippen LogP contribution < -0.4 is 4.74 Å². The second-order valence-electron chi connectivity index (χ2n) is 5.23. The van der Waals surface area contributed by atoms with E-state index < -0.39 is 16.7 Å². The molecule has 0 atom stereocenters. The first-order valence-corrected chi connectivity index (χ1v) is 7.29. The molecule has 0 aliphatic rings. The normalized spacial score (nSPS) is 11.3. The van der Waals surface area contributed by atoms with E-state index in [0.29, 0.717) is 0 Å². The Bertz CT molecular complexity index is 940. The summed E-state index contributed by atoms with van der Waals surface area (Å²) in [6.07, 6.45) is -4.46. The van der Waals surface area contributed by atoms with Crippen LogP contribution >= 0.6 is 0 Å². The summed E-state index contributed by atoms with van der Waals surface area (Å²) in [5.74, 6) is 0.619. The molecule has 3 rings (SSSR count). The minimum Gasteiger partial charge on any atom is -0.485 e. The summed E-state index contributed by atoms with van der Waals surface area (Å²) >= 11 is 0. The van der Waals surface area contributed by atoms with Gasteiger partial charge in [-0.1, -0.05) is 18.2 Å². The zero-order valence-electron chi connectivity index (χ0n) is 13.0. The molecule has 26 heavy (non-hydrogen) atoms. The number of nitro benzene ring substituents is 1. The van der Waals surface area contributed by atoms with E-state index in [1.54, 1.807) is 0 Å². The maximum atomic E-state index is 12.8. The molecule has 1 N–H and O–H groups in total. The van der Waals surface area contributed by atoms with E-state index in [0.717, 1.165) is 12.1 Å². The van der Waals surface area contributed by atoms with Crippen molar-refractivity contribution in [3.05, 3.63) is 70.0 Å². The molecule has 0 amide bonds. The summed E-state index contributed by atoms with van der Waals surface area (Å²) in [5, 5.41) is 17.2. The van der Waals surface area contributed by atoms with Gasteiger partial charge >= 0.3 is 6.18 Å². The molecule has 0 spiro atoms. The lowest BCUT2D eigenvalue weighted by Gasteiger charge is -2.06. The Morgan fingerprint density at radius 2 is 1.92 bits per heavy atom. The average Bonchev–Trinajstić information content (AvgIpc) is 3.09. The smallest absolute Gasteiger partial charge is 0.416 e. The number of hydrogen-bond acceptors (Lipinski definition) is 5. The number of rotatable bonds is 5. The zero-order chi connectivity index (χ0) is 18.7. The van der Waals surface area contributed by atoms with Gasteiger partial charge in [-0.25, -0.2) is 4.98 Å². The molecule has 0 unspecified atom stereocenters. The highest BCUT2D eigenvalue weighted by Crippen LogP contribution is 2.31. The predicted molar refractivity (Wildman–Crippen MR) is 84.2 cm³/mol. The zero-order valence-corrected chi connectivity index (χ0v) is 13.0. The van der Waals surface area contributed by atoms with Crippen LogP contribution in [-0.4, -0.2) is 20.1 Å². The highest BCUT2D eigenvalue weighted by Gasteiger charge is 2.30. The van der Waals surface area contributed by atoms with Gasteiger partial charge in [0.1, 0.15) is 12.4 Å². The molecule has 0 aliphatic carbocycles. The number of nitrogens with zero attached hydrogens (tertiary/aromatic N) is 3. The van der Waals surface area contributed by atoms with Gasteiger partial charge in [0.05, 0.1) is 16.6 Å². The number of benzene rings is 2. The monoisotopic (exact) mass is 364 g/mol. The molecule has 0 fully saturated rings. The van der Waals surface area contributed by atoms with Crippen molar-refractivity contribution in [1.82, 2.24) is 15.2 Å². The quantitative estimate of drug-likeness (QED) is 0.546. The number of nitrogens with one attached hydrogen (secondary N) is 1. The highest BCUT2D eigenvalue weighted by molar-refractivity contribution is 5.56. The van der Waals surface area contributed by atoms with Gasteiger partial charge in [0.15, 0.2) is 11.6 Å². The van der Waals surface area contributed by atoms with Crippen LogP contribution in [0.15, 0.2) is 48.5 Å². The van der Waals surface area contributed by atoms with Gasteiger partial charge in [-0.05, 0) is 18.2 Å². The van der Waals surface area contributed by atoms with Gasteiger partial charge in [-0.15, -0.1) is 0 Å². The van der Waals surface area contributed by atoms with Crippen molar-refractivity contribution in [2.75, 3.05) is 0 Å². The number of non-ortho nitro benzene ring substituents is 1. The Morgan fingerprint density at radius 1 is 1.15 bits per heavy atom. The topological polar surface area (TPSA) is 93.9 Å². The second kappa shape index (κ2) is 6.82. The maximum absolute atomic E-state index is 12.8. The van der Waals surface area contributed by atoms with E-state index in [-0.39, 0.29) is 35.3 Å². The predicted octanol–water partition coefficient (Wildman–Crippen LogP) is 3.98. The molecule has 3 aromatic rings. The number of nitro groups is 1. The molecule has 0 saturated heterocycles. The first-order valence-electron chi connectivity index (χ1n) is 7.29. The Morgan fingerprint density at radius 3 is 2.65 bits per heavy atom. The van der Waals surface area contributed by atoms with Gasteiger partial charge in [0.2, 0.25) is 0 Å². The van der Waals surface area contributed by atoms with Crippen LogP contribution in [0.2, 0.25) is 0 Å². The number of hydrogen-bond donors (Lipinski definition) is 1. The average molecular weight is 364 g/mol. The van der Waals surface area contributed by atoms with Crippen molar-refractivity contribution >= 4 is 5.69 Å². The number of halogens is 3. The third-order valence-corrected chi connectivity index (χ3v) is 3.38. The van der Waals surface area contributed by atoms with Gasteiger partial charge in [0.25, 0.3) is 5.69 Å². The second-order valence-corrected chi connectivity index (χ2v) is 5.23. The third kappa shape index (κ3) is 3.97. The van der Waals surface area contributed by atoms with Crippen LogP contribution in [0.5, 0.6) is 5.75 Å². The molecule has 2 aromatic carbocycles. The SMILES string of the molecule is O=[N+]([O-])c1cccc(OCc2nc(-c3cccc(C(F)(F)F)c3)n[nH]2)c1. The molecule has 134 valence electrons. The minimum atomic E-state index is -4.46. The summed E-state index contributed by atoms with van der Waals surface area (Å²) in [5.41, 5.74) is -0.711. The van der Waals surface area contributed by atoms with Crippen molar-refractivity contribution in [1.29, 1.82) is 0 Å². The number of H-pyrrole nitrogens is 1. The first kappa shape index (κ1) is 17.4. The number of aromatic amines is 1. The van der Waals surface area contributed by atoms with E-state index in [2.05, 4.69) is 15.2 Å². The lowest BCUT2D eigenvalue weighted by molar-refractivity contribution is -0.384. The highest BCUT2D eigenvalue weighted by atomic mass is 19.4. The molecule has 10 heteroatoms. The Hall–Kier alpha value is -3.43. The minimum absolute atomic E-state index is 0.0763. The van der Waals surface area contributed by atoms with Crippen LogP contribution in [0, 0.1) is 10.1 Å². The fraction of sp³-hybridized carbons (Fsp3) is 0.125. The molecule has 0 radical (unpaired) electrons. The Balaban J connectivity index is 1.73. The van der Waals surface area contributed by atoms with Crippen molar-refractivity contribution < 1.29 is 22.8 Å². The van der Waals surface area contributed by atoms with Crippen molar-refractivity contribution in [3.63, 3.8) is 0 Å². The van der Waals surface area contributed by atoms with Crippen LogP contribution in [0.3, 0.4) is 0 Å². The van der Waals surface area contributed by atoms with Crippen molar-refractivity contribution in [3.8, 4) is 17.1 Å². The summed E-state index contributed by atoms with van der Waals surface area (Å²) in [7, 11) is 0. The van der Waals surface area contributed by atoms with Gasteiger partial charge < -0.3 is 4.74 Å². The van der Waals surface area contributed by atoms with Crippen molar-refractivity contribution in [2.45, 2.75) is 12.8 Å². The summed E-state index contributed by atoms with van der Waals surface area (Å²) in [6.45, 7) is -0.0763. The molecule has 1 aromatic heterocycles. The lowest BCUT2D eigenvalue weighted by Crippen LogP contribution is -2.04. The first-order chi connectivity index (χ1) is 12.3. The number of alkyl halides is 3. The Labute approximate surface area is 144 Å². The standard InChI is InChI=1S/C16H11F3N4O3/c17-16(18,19)11-4-1-3-10(7-11)15-20-14(21-22-15)9-26-13-6-2-5-12(8-13)23(24)25/h1-8H,9H2,(H,20,21,22). The molecule has 1 heterocycles. The van der Waals surface area contributed by atoms with Gasteiger partial charge in [-0.3, -0.25) is 15.2 Å².